The quantitative estimate of drug-likeness (QED) is 0.807. The Morgan fingerprint density at radius 2 is 2.19 bits per heavy atom. The number of benzene rings is 1. The number of anilines is 2. The van der Waals surface area contributed by atoms with Gasteiger partial charge in [-0.3, -0.25) is 4.79 Å². The van der Waals surface area contributed by atoms with Crippen molar-refractivity contribution in [2.24, 2.45) is 5.92 Å². The Kier molecular flexibility index (Phi) is 2.81. The molecule has 0 spiro atoms. The third-order valence-electron chi connectivity index (χ3n) is 3.05. The molecule has 86 valence electrons. The van der Waals surface area contributed by atoms with Gasteiger partial charge in [0, 0.05) is 0 Å². The minimum Gasteiger partial charge on any atom is -0.372 e. The average molecular weight is 222 g/mol. The summed E-state index contributed by atoms with van der Waals surface area (Å²) in [5, 5.41) is 5.87. The summed E-state index contributed by atoms with van der Waals surface area (Å²) in [4.78, 5) is 11.8. The number of halogens is 1. The summed E-state index contributed by atoms with van der Waals surface area (Å²) in [7, 11) is 0. The van der Waals surface area contributed by atoms with Gasteiger partial charge in [-0.15, -0.1) is 0 Å². The maximum atomic E-state index is 13.0. The molecule has 2 atom stereocenters. The highest BCUT2D eigenvalue weighted by Gasteiger charge is 2.29. The minimum atomic E-state index is -0.301. The Balaban J connectivity index is 2.29. The van der Waals surface area contributed by atoms with Crippen molar-refractivity contribution in [1.82, 2.24) is 0 Å². The Labute approximate surface area is 94.0 Å². The lowest BCUT2D eigenvalue weighted by Gasteiger charge is -2.30. The highest BCUT2D eigenvalue weighted by molar-refractivity contribution is 6.03. The summed E-state index contributed by atoms with van der Waals surface area (Å²) in [5.74, 6) is -0.129. The molecule has 2 N–H and O–H groups in total. The molecular formula is C12H15FN2O. The Bertz CT molecular complexity index is 419. The van der Waals surface area contributed by atoms with E-state index in [2.05, 4.69) is 10.6 Å². The number of carbonyl (C=O) groups is 1. The van der Waals surface area contributed by atoms with Gasteiger partial charge in [0.05, 0.1) is 11.4 Å². The first-order chi connectivity index (χ1) is 7.61. The molecule has 1 heterocycles. The van der Waals surface area contributed by atoms with Gasteiger partial charge in [-0.1, -0.05) is 20.3 Å². The molecule has 0 bridgehead atoms. The van der Waals surface area contributed by atoms with Crippen LogP contribution in [0.1, 0.15) is 20.3 Å². The monoisotopic (exact) mass is 222 g/mol. The summed E-state index contributed by atoms with van der Waals surface area (Å²) >= 11 is 0. The Hall–Kier alpha value is -1.58. The number of hydrogen-bond acceptors (Lipinski definition) is 2. The zero-order valence-corrected chi connectivity index (χ0v) is 9.38. The molecule has 1 aliphatic rings. The summed E-state index contributed by atoms with van der Waals surface area (Å²) in [6.07, 6.45) is 0.899. The first kappa shape index (κ1) is 10.9. The van der Waals surface area contributed by atoms with Gasteiger partial charge in [0.25, 0.3) is 0 Å². The zero-order chi connectivity index (χ0) is 11.7. The third kappa shape index (κ3) is 1.87. The van der Waals surface area contributed by atoms with Crippen LogP contribution in [0, 0.1) is 11.7 Å². The van der Waals surface area contributed by atoms with Crippen molar-refractivity contribution in [1.29, 1.82) is 0 Å². The predicted octanol–water partition coefficient (Wildman–Crippen LogP) is 2.60. The van der Waals surface area contributed by atoms with Crippen LogP contribution in [-0.4, -0.2) is 11.9 Å². The number of fused-ring (bicyclic) bond motifs is 1. The van der Waals surface area contributed by atoms with Gasteiger partial charge in [0.1, 0.15) is 11.9 Å². The van der Waals surface area contributed by atoms with E-state index in [1.807, 2.05) is 13.8 Å². The van der Waals surface area contributed by atoms with Gasteiger partial charge in [-0.2, -0.15) is 0 Å². The lowest BCUT2D eigenvalue weighted by Crippen LogP contribution is -2.43. The molecule has 1 amide bonds. The second-order valence-corrected chi connectivity index (χ2v) is 4.19. The van der Waals surface area contributed by atoms with Gasteiger partial charge in [0.15, 0.2) is 0 Å². The fraction of sp³-hybridized carbons (Fsp3) is 0.417. The van der Waals surface area contributed by atoms with Crippen LogP contribution in [0.4, 0.5) is 15.8 Å². The Morgan fingerprint density at radius 3 is 2.88 bits per heavy atom. The molecule has 0 saturated heterocycles. The van der Waals surface area contributed by atoms with Crippen molar-refractivity contribution in [3.8, 4) is 0 Å². The average Bonchev–Trinajstić information content (AvgIpc) is 2.28. The van der Waals surface area contributed by atoms with E-state index in [0.29, 0.717) is 11.4 Å². The van der Waals surface area contributed by atoms with Crippen molar-refractivity contribution in [2.75, 3.05) is 10.6 Å². The number of nitrogens with one attached hydrogen (secondary N) is 2. The van der Waals surface area contributed by atoms with Crippen LogP contribution in [0.3, 0.4) is 0 Å². The molecule has 0 fully saturated rings. The number of rotatable bonds is 2. The normalized spacial score (nSPS) is 20.7. The van der Waals surface area contributed by atoms with Crippen LogP contribution in [0.2, 0.25) is 0 Å². The van der Waals surface area contributed by atoms with Crippen LogP contribution in [0.15, 0.2) is 18.2 Å². The molecular weight excluding hydrogens is 207 g/mol. The lowest BCUT2D eigenvalue weighted by atomic mass is 9.96. The molecule has 1 aromatic carbocycles. The fourth-order valence-corrected chi connectivity index (χ4v) is 1.82. The SMILES string of the molecule is CCC(C)C1Nc2cc(F)ccc2NC1=O. The van der Waals surface area contributed by atoms with Crippen molar-refractivity contribution < 1.29 is 9.18 Å². The lowest BCUT2D eigenvalue weighted by molar-refractivity contribution is -0.118. The molecule has 0 aliphatic carbocycles. The molecule has 1 aliphatic heterocycles. The standard InChI is InChI=1S/C12H15FN2O/c1-3-7(2)11-12(16)15-9-5-4-8(13)6-10(9)14-11/h4-7,11,14H,3H2,1-2H3,(H,15,16). The van der Waals surface area contributed by atoms with E-state index in [9.17, 15) is 9.18 Å². The highest BCUT2D eigenvalue weighted by Crippen LogP contribution is 2.29. The maximum Gasteiger partial charge on any atom is 0.247 e. The van der Waals surface area contributed by atoms with Crippen molar-refractivity contribution in [2.45, 2.75) is 26.3 Å². The molecule has 0 saturated carbocycles. The molecule has 0 aromatic heterocycles. The smallest absolute Gasteiger partial charge is 0.247 e. The van der Waals surface area contributed by atoms with E-state index in [1.165, 1.54) is 12.1 Å². The van der Waals surface area contributed by atoms with Gasteiger partial charge in [-0.05, 0) is 24.1 Å². The summed E-state index contributed by atoms with van der Waals surface area (Å²) < 4.78 is 13.0. The van der Waals surface area contributed by atoms with E-state index in [0.717, 1.165) is 6.42 Å². The van der Waals surface area contributed by atoms with Gasteiger partial charge in [-0.25, -0.2) is 4.39 Å². The van der Waals surface area contributed by atoms with Crippen LogP contribution in [0.25, 0.3) is 0 Å². The van der Waals surface area contributed by atoms with Gasteiger partial charge >= 0.3 is 0 Å². The molecule has 1 aromatic rings. The first-order valence-corrected chi connectivity index (χ1v) is 5.48. The number of carbonyl (C=O) groups excluding carboxylic acids is 1. The molecule has 4 heteroatoms. The van der Waals surface area contributed by atoms with Crippen molar-refractivity contribution >= 4 is 17.3 Å². The summed E-state index contributed by atoms with van der Waals surface area (Å²) in [6.45, 7) is 4.03. The predicted molar refractivity (Wildman–Crippen MR) is 61.9 cm³/mol. The molecule has 2 unspecified atom stereocenters. The van der Waals surface area contributed by atoms with Crippen molar-refractivity contribution in [3.05, 3.63) is 24.0 Å². The van der Waals surface area contributed by atoms with Crippen LogP contribution < -0.4 is 10.6 Å². The van der Waals surface area contributed by atoms with E-state index >= 15 is 0 Å². The fourth-order valence-electron chi connectivity index (χ4n) is 1.82. The van der Waals surface area contributed by atoms with E-state index in [4.69, 9.17) is 0 Å². The molecule has 2 rings (SSSR count). The van der Waals surface area contributed by atoms with Crippen LogP contribution >= 0.6 is 0 Å². The summed E-state index contributed by atoms with van der Waals surface area (Å²) in [6, 6.07) is 4.04. The van der Waals surface area contributed by atoms with E-state index in [1.54, 1.807) is 6.07 Å². The van der Waals surface area contributed by atoms with Crippen molar-refractivity contribution in [3.63, 3.8) is 0 Å². The maximum absolute atomic E-state index is 13.0. The van der Waals surface area contributed by atoms with Crippen LogP contribution in [-0.2, 0) is 4.79 Å². The zero-order valence-electron chi connectivity index (χ0n) is 9.38. The second-order valence-electron chi connectivity index (χ2n) is 4.19. The topological polar surface area (TPSA) is 41.1 Å². The summed E-state index contributed by atoms with van der Waals surface area (Å²) in [5.41, 5.74) is 1.30. The number of amides is 1. The van der Waals surface area contributed by atoms with E-state index < -0.39 is 0 Å². The molecule has 0 radical (unpaired) electrons. The molecule has 16 heavy (non-hydrogen) atoms. The highest BCUT2D eigenvalue weighted by atomic mass is 19.1. The van der Waals surface area contributed by atoms with E-state index in [-0.39, 0.29) is 23.7 Å². The minimum absolute atomic E-state index is 0.0477. The third-order valence-corrected chi connectivity index (χ3v) is 3.05. The van der Waals surface area contributed by atoms with Gasteiger partial charge in [0.2, 0.25) is 5.91 Å². The Morgan fingerprint density at radius 1 is 1.44 bits per heavy atom. The number of hydrogen-bond donors (Lipinski definition) is 2. The second kappa shape index (κ2) is 4.12. The van der Waals surface area contributed by atoms with Crippen LogP contribution in [0.5, 0.6) is 0 Å². The largest absolute Gasteiger partial charge is 0.372 e. The molecule has 3 nitrogen and oxygen atoms in total. The first-order valence-electron chi connectivity index (χ1n) is 5.48. The van der Waals surface area contributed by atoms with Gasteiger partial charge < -0.3 is 10.6 Å².